The molecule has 0 N–H and O–H groups in total. The molecule has 26 heavy (non-hydrogen) atoms. The van der Waals surface area contributed by atoms with Gasteiger partial charge in [0.1, 0.15) is 0 Å². The first-order valence-corrected chi connectivity index (χ1v) is 9.71. The highest BCUT2D eigenvalue weighted by molar-refractivity contribution is 7.90. The van der Waals surface area contributed by atoms with Crippen LogP contribution in [0.15, 0.2) is 0 Å². The molecule has 0 aromatic rings. The van der Waals surface area contributed by atoms with Gasteiger partial charge < -0.3 is 4.55 Å². The van der Waals surface area contributed by atoms with Crippen molar-refractivity contribution >= 4 is 20.1 Å². The molecule has 0 bridgehead atoms. The van der Waals surface area contributed by atoms with Gasteiger partial charge in [0.25, 0.3) is 10.0 Å². The first-order chi connectivity index (χ1) is 11.2. The zero-order valence-corrected chi connectivity index (χ0v) is 15.4. The van der Waals surface area contributed by atoms with Crippen LogP contribution in [0.5, 0.6) is 0 Å². The highest BCUT2D eigenvalue weighted by atomic mass is 32.2. The Morgan fingerprint density at radius 3 is 1.50 bits per heavy atom. The van der Waals surface area contributed by atoms with Crippen LogP contribution in [0.25, 0.3) is 0 Å². The van der Waals surface area contributed by atoms with Crippen molar-refractivity contribution in [1.29, 1.82) is 0 Å². The Kier molecular flexibility index (Phi) is 5.79. The van der Waals surface area contributed by atoms with E-state index >= 15 is 0 Å². The molecule has 156 valence electrons. The zero-order valence-electron chi connectivity index (χ0n) is 13.8. The summed E-state index contributed by atoms with van der Waals surface area (Å²) in [5.41, 5.74) is 0. The fourth-order valence-electron chi connectivity index (χ4n) is 2.17. The number of alkyl halides is 6. The van der Waals surface area contributed by atoms with Crippen LogP contribution in [0.1, 0.15) is 0 Å². The largest absolute Gasteiger partial charge is 0.743 e. The summed E-state index contributed by atoms with van der Waals surface area (Å²) in [6.45, 7) is -1.81. The van der Waals surface area contributed by atoms with Crippen LogP contribution in [-0.4, -0.2) is 99.0 Å². The van der Waals surface area contributed by atoms with Gasteiger partial charge in [-0.15, -0.1) is 0 Å². The van der Waals surface area contributed by atoms with Gasteiger partial charge in [-0.25, -0.2) is 16.8 Å². The molecular formula is C10H17F6N3O5S2. The lowest BCUT2D eigenvalue weighted by molar-refractivity contribution is -0.987. The van der Waals surface area contributed by atoms with Crippen molar-refractivity contribution in [3.05, 3.63) is 0 Å². The van der Waals surface area contributed by atoms with Crippen LogP contribution in [0, 0.1) is 0 Å². The third kappa shape index (κ3) is 3.54. The molecule has 1 rings (SSSR count). The second-order valence-corrected chi connectivity index (χ2v) is 9.76. The number of hydrogen-bond donors (Lipinski definition) is 0. The van der Waals surface area contributed by atoms with Gasteiger partial charge in [0, 0.05) is 13.1 Å². The Hall–Kier alpha value is -0.680. The number of hydrogen-bond acceptors (Lipinski definition) is 6. The predicted molar refractivity (Wildman–Crippen MR) is 74.6 cm³/mol. The van der Waals surface area contributed by atoms with E-state index in [2.05, 4.69) is 0 Å². The minimum absolute atomic E-state index is 0.138. The smallest absolute Gasteiger partial charge is 0.428 e. The van der Waals surface area contributed by atoms with Crippen LogP contribution >= 0.6 is 0 Å². The SMILES string of the molecule is C[N+](C)(C)N1CCN(S(=O)(=O)C(F)(F)C(F)(F)C(F)(F)S(=O)(=O)[O-])CC1. The molecule has 16 heteroatoms. The summed E-state index contributed by atoms with van der Waals surface area (Å²) in [6, 6.07) is 0. The molecule has 8 nitrogen and oxygen atoms in total. The highest BCUT2D eigenvalue weighted by Gasteiger charge is 2.80. The Bertz CT molecular complexity index is 742. The summed E-state index contributed by atoms with van der Waals surface area (Å²) in [5.74, 6) is -6.98. The topological polar surface area (TPSA) is 97.8 Å². The number of sulfonamides is 1. The van der Waals surface area contributed by atoms with Crippen LogP contribution in [-0.2, 0) is 20.1 Å². The van der Waals surface area contributed by atoms with Gasteiger partial charge in [-0.1, -0.05) is 0 Å². The molecule has 1 aliphatic rings. The molecule has 0 unspecified atom stereocenters. The number of quaternary nitrogens is 1. The third-order valence-corrected chi connectivity index (χ3v) is 6.61. The Labute approximate surface area is 146 Å². The highest BCUT2D eigenvalue weighted by Crippen LogP contribution is 2.51. The minimum Gasteiger partial charge on any atom is -0.743 e. The van der Waals surface area contributed by atoms with E-state index in [1.165, 1.54) is 0 Å². The number of rotatable bonds is 6. The summed E-state index contributed by atoms with van der Waals surface area (Å²) < 4.78 is 135. The van der Waals surface area contributed by atoms with Crippen LogP contribution in [0.2, 0.25) is 0 Å². The maximum atomic E-state index is 13.8. The van der Waals surface area contributed by atoms with Gasteiger partial charge in [-0.2, -0.15) is 35.7 Å². The summed E-state index contributed by atoms with van der Waals surface area (Å²) in [5, 5.41) is -11.8. The lowest BCUT2D eigenvalue weighted by Crippen LogP contribution is -2.66. The summed E-state index contributed by atoms with van der Waals surface area (Å²) in [4.78, 5) is 0. The van der Waals surface area contributed by atoms with Crippen molar-refractivity contribution in [2.45, 2.75) is 16.4 Å². The molecule has 0 aliphatic carbocycles. The van der Waals surface area contributed by atoms with Crippen LogP contribution in [0.3, 0.4) is 0 Å². The van der Waals surface area contributed by atoms with Gasteiger partial charge in [-0.05, 0) is 0 Å². The van der Waals surface area contributed by atoms with E-state index < -0.39 is 49.7 Å². The van der Waals surface area contributed by atoms with Crippen LogP contribution in [0.4, 0.5) is 26.3 Å². The van der Waals surface area contributed by atoms with Crippen molar-refractivity contribution in [3.8, 4) is 0 Å². The average Bonchev–Trinajstić information content (AvgIpc) is 2.44. The van der Waals surface area contributed by atoms with E-state index in [9.17, 15) is 47.7 Å². The quantitative estimate of drug-likeness (QED) is 0.328. The lowest BCUT2D eigenvalue weighted by atomic mass is 10.3. The average molecular weight is 437 g/mol. The molecule has 0 radical (unpaired) electrons. The summed E-state index contributed by atoms with van der Waals surface area (Å²) >= 11 is 0. The van der Waals surface area contributed by atoms with Gasteiger partial charge in [-0.3, -0.25) is 4.59 Å². The molecule has 1 aliphatic heterocycles. The van der Waals surface area contributed by atoms with E-state index in [1.807, 2.05) is 0 Å². The summed E-state index contributed by atoms with van der Waals surface area (Å²) in [7, 11) is -8.69. The van der Waals surface area contributed by atoms with E-state index in [1.54, 1.807) is 26.2 Å². The fourth-order valence-corrected chi connectivity index (χ4v) is 4.10. The lowest BCUT2D eigenvalue weighted by Gasteiger charge is -2.42. The first kappa shape index (κ1) is 23.4. The molecule has 1 fully saturated rings. The Balaban J connectivity index is 3.23. The van der Waals surface area contributed by atoms with Crippen molar-refractivity contribution in [3.63, 3.8) is 0 Å². The van der Waals surface area contributed by atoms with Crippen molar-refractivity contribution in [1.82, 2.24) is 9.31 Å². The molecule has 1 heterocycles. The van der Waals surface area contributed by atoms with Crippen LogP contribution < -0.4 is 0 Å². The minimum atomic E-state index is -7.27. The normalized spacial score (nSPS) is 20.4. The molecule has 0 spiro atoms. The van der Waals surface area contributed by atoms with Gasteiger partial charge >= 0.3 is 16.4 Å². The van der Waals surface area contributed by atoms with E-state index in [0.29, 0.717) is 0 Å². The zero-order chi connectivity index (χ0) is 21.0. The molecule has 0 aromatic heterocycles. The Morgan fingerprint density at radius 1 is 0.808 bits per heavy atom. The van der Waals surface area contributed by atoms with Gasteiger partial charge in [0.15, 0.2) is 10.1 Å². The number of piperazine rings is 1. The van der Waals surface area contributed by atoms with Crippen molar-refractivity contribution in [2.75, 3.05) is 47.3 Å². The monoisotopic (exact) mass is 437 g/mol. The van der Waals surface area contributed by atoms with Gasteiger partial charge in [0.2, 0.25) is 0 Å². The van der Waals surface area contributed by atoms with Crippen molar-refractivity contribution in [2.24, 2.45) is 0 Å². The molecule has 0 aromatic carbocycles. The first-order valence-electron chi connectivity index (χ1n) is 6.86. The van der Waals surface area contributed by atoms with E-state index in [0.717, 1.165) is 0 Å². The summed E-state index contributed by atoms with van der Waals surface area (Å²) in [6.07, 6.45) is 0. The number of halogens is 6. The maximum Gasteiger partial charge on any atom is 0.428 e. The standard InChI is InChI=1S/C10H17F6N3O5S2/c1-19(2,3)17-4-6-18(7-5-17)25(20,21)9(13,14)8(11,12)10(15,16)26(22,23)24/h4-7H2,1-3H3. The maximum absolute atomic E-state index is 13.8. The Morgan fingerprint density at radius 2 is 1.19 bits per heavy atom. The third-order valence-electron chi connectivity index (χ3n) is 3.77. The van der Waals surface area contributed by atoms with E-state index in [-0.39, 0.29) is 22.0 Å². The van der Waals surface area contributed by atoms with E-state index in [4.69, 9.17) is 0 Å². The fraction of sp³-hybridized carbons (Fsp3) is 1.00. The molecule has 0 atom stereocenters. The molecule has 1 saturated heterocycles. The van der Waals surface area contributed by atoms with Gasteiger partial charge in [0.05, 0.1) is 34.2 Å². The molecular weight excluding hydrogens is 420 g/mol. The predicted octanol–water partition coefficient (Wildman–Crippen LogP) is -0.0789. The van der Waals surface area contributed by atoms with Crippen molar-refractivity contribution < 1.29 is 52.3 Å². The number of nitrogens with zero attached hydrogens (tertiary/aromatic N) is 3. The molecule has 0 amide bonds. The second kappa shape index (κ2) is 6.44. The second-order valence-electron chi connectivity index (χ2n) is 6.36. The molecule has 0 saturated carbocycles.